The minimum Gasteiger partial charge on any atom is -0.370 e. The van der Waals surface area contributed by atoms with E-state index in [1.54, 1.807) is 0 Å². The zero-order chi connectivity index (χ0) is 19.3. The van der Waals surface area contributed by atoms with Crippen LogP contribution in [0.25, 0.3) is 0 Å². The number of unbranched alkanes of at least 4 members (excludes halogenated alkanes) is 1. The standard InChI is InChI=1S/C26H32O2/c1-2-3-17-26-18-10-16-25(28-26,19-15-22-11-6-4-7-12-22)20-24(26)27-21-23-13-8-5-9-14-23/h4-14,18,24H,2-3,15-17,19-21H2,1H3. The quantitative estimate of drug-likeness (QED) is 0.481. The summed E-state index contributed by atoms with van der Waals surface area (Å²) in [5.41, 5.74) is 2.29. The van der Waals surface area contributed by atoms with Crippen LogP contribution in [-0.2, 0) is 22.5 Å². The van der Waals surface area contributed by atoms with Crippen molar-refractivity contribution in [2.75, 3.05) is 0 Å². The molecular formula is C26H32O2. The van der Waals surface area contributed by atoms with Crippen LogP contribution in [0.5, 0.6) is 0 Å². The Labute approximate surface area is 169 Å². The third kappa shape index (κ3) is 4.24. The molecule has 2 bridgehead atoms. The molecule has 28 heavy (non-hydrogen) atoms. The van der Waals surface area contributed by atoms with Crippen molar-refractivity contribution in [1.29, 1.82) is 0 Å². The second-order valence-corrected chi connectivity index (χ2v) is 8.43. The van der Waals surface area contributed by atoms with Gasteiger partial charge in [0.15, 0.2) is 0 Å². The van der Waals surface area contributed by atoms with E-state index in [0.29, 0.717) is 6.61 Å². The van der Waals surface area contributed by atoms with Crippen LogP contribution in [0.4, 0.5) is 0 Å². The lowest BCUT2D eigenvalue weighted by atomic mass is 9.88. The first-order valence-electron chi connectivity index (χ1n) is 10.8. The Balaban J connectivity index is 1.49. The fourth-order valence-electron chi connectivity index (χ4n) is 4.75. The van der Waals surface area contributed by atoms with E-state index in [9.17, 15) is 0 Å². The molecule has 1 fully saturated rings. The zero-order valence-corrected chi connectivity index (χ0v) is 17.0. The van der Waals surface area contributed by atoms with Gasteiger partial charge in [-0.05, 0) is 36.8 Å². The van der Waals surface area contributed by atoms with Crippen molar-refractivity contribution in [3.63, 3.8) is 0 Å². The second-order valence-electron chi connectivity index (χ2n) is 8.43. The van der Waals surface area contributed by atoms with Crippen LogP contribution in [0.15, 0.2) is 72.8 Å². The average molecular weight is 377 g/mol. The lowest BCUT2D eigenvalue weighted by molar-refractivity contribution is -0.123. The molecule has 2 aromatic rings. The molecule has 2 heteroatoms. The van der Waals surface area contributed by atoms with E-state index in [-0.39, 0.29) is 17.3 Å². The maximum atomic E-state index is 6.89. The van der Waals surface area contributed by atoms with Crippen LogP contribution in [0, 0.1) is 0 Å². The molecule has 2 aliphatic rings. The molecule has 0 aliphatic carbocycles. The van der Waals surface area contributed by atoms with Gasteiger partial charge in [0.25, 0.3) is 0 Å². The van der Waals surface area contributed by atoms with Gasteiger partial charge >= 0.3 is 0 Å². The molecule has 0 saturated carbocycles. The topological polar surface area (TPSA) is 18.5 Å². The molecule has 0 spiro atoms. The lowest BCUT2D eigenvalue weighted by Crippen LogP contribution is -2.42. The summed E-state index contributed by atoms with van der Waals surface area (Å²) in [5, 5.41) is 0. The number of hydrogen-bond donors (Lipinski definition) is 0. The average Bonchev–Trinajstić information content (AvgIpc) is 2.97. The molecule has 0 amide bonds. The van der Waals surface area contributed by atoms with Crippen LogP contribution in [0.3, 0.4) is 0 Å². The summed E-state index contributed by atoms with van der Waals surface area (Å²) in [6.45, 7) is 2.91. The number of fused-ring (bicyclic) bond motifs is 2. The van der Waals surface area contributed by atoms with Gasteiger partial charge in [0, 0.05) is 6.42 Å². The van der Waals surface area contributed by atoms with Crippen molar-refractivity contribution in [3.8, 4) is 0 Å². The Morgan fingerprint density at radius 2 is 1.68 bits per heavy atom. The number of ether oxygens (including phenoxy) is 2. The third-order valence-corrected chi connectivity index (χ3v) is 6.33. The van der Waals surface area contributed by atoms with E-state index in [0.717, 1.165) is 32.1 Å². The molecule has 4 rings (SSSR count). The Bertz CT molecular complexity index is 770. The van der Waals surface area contributed by atoms with E-state index in [2.05, 4.69) is 79.7 Å². The van der Waals surface area contributed by atoms with Crippen molar-refractivity contribution in [2.24, 2.45) is 0 Å². The Kier molecular flexibility index (Phi) is 5.99. The maximum Gasteiger partial charge on any atom is 0.113 e. The fraction of sp³-hybridized carbons (Fsp3) is 0.462. The summed E-state index contributed by atoms with van der Waals surface area (Å²) in [5.74, 6) is 0. The Morgan fingerprint density at radius 3 is 2.39 bits per heavy atom. The summed E-state index contributed by atoms with van der Waals surface area (Å²) in [6.07, 6.45) is 12.3. The van der Waals surface area contributed by atoms with Gasteiger partial charge in [-0.15, -0.1) is 0 Å². The van der Waals surface area contributed by atoms with E-state index in [4.69, 9.17) is 9.47 Å². The molecule has 3 atom stereocenters. The predicted molar refractivity (Wildman–Crippen MR) is 114 cm³/mol. The summed E-state index contributed by atoms with van der Waals surface area (Å²) in [4.78, 5) is 0. The molecule has 2 aliphatic heterocycles. The third-order valence-electron chi connectivity index (χ3n) is 6.33. The van der Waals surface area contributed by atoms with Crippen LogP contribution in [0.1, 0.15) is 56.6 Å². The van der Waals surface area contributed by atoms with Gasteiger partial charge in [0.1, 0.15) is 5.60 Å². The normalized spacial score (nSPS) is 28.5. The van der Waals surface area contributed by atoms with Crippen LogP contribution in [0.2, 0.25) is 0 Å². The monoisotopic (exact) mass is 376 g/mol. The van der Waals surface area contributed by atoms with E-state index >= 15 is 0 Å². The highest BCUT2D eigenvalue weighted by atomic mass is 16.6. The van der Waals surface area contributed by atoms with Gasteiger partial charge in [-0.1, -0.05) is 92.6 Å². The Morgan fingerprint density at radius 1 is 0.964 bits per heavy atom. The first kappa shape index (κ1) is 19.4. The Hall–Kier alpha value is -1.90. The van der Waals surface area contributed by atoms with Gasteiger partial charge in [-0.3, -0.25) is 0 Å². The molecular weight excluding hydrogens is 344 g/mol. The zero-order valence-electron chi connectivity index (χ0n) is 17.0. The minimum absolute atomic E-state index is 0.0836. The number of benzene rings is 2. The molecule has 0 N–H and O–H groups in total. The van der Waals surface area contributed by atoms with Gasteiger partial charge in [-0.25, -0.2) is 0 Å². The van der Waals surface area contributed by atoms with Crippen LogP contribution < -0.4 is 0 Å². The largest absolute Gasteiger partial charge is 0.370 e. The summed E-state index contributed by atoms with van der Waals surface area (Å²) >= 11 is 0. The van der Waals surface area contributed by atoms with Crippen LogP contribution >= 0.6 is 0 Å². The molecule has 2 aromatic carbocycles. The smallest absolute Gasteiger partial charge is 0.113 e. The van der Waals surface area contributed by atoms with E-state index in [1.807, 2.05) is 0 Å². The maximum absolute atomic E-state index is 6.89. The number of aryl methyl sites for hydroxylation is 1. The molecule has 0 radical (unpaired) electrons. The molecule has 3 unspecified atom stereocenters. The van der Waals surface area contributed by atoms with Gasteiger partial charge in [0.2, 0.25) is 0 Å². The highest BCUT2D eigenvalue weighted by Gasteiger charge is 2.56. The van der Waals surface area contributed by atoms with Crippen LogP contribution in [-0.4, -0.2) is 17.3 Å². The van der Waals surface area contributed by atoms with Crippen molar-refractivity contribution in [2.45, 2.75) is 75.8 Å². The lowest BCUT2D eigenvalue weighted by Gasteiger charge is -2.38. The highest BCUT2D eigenvalue weighted by Crippen LogP contribution is 2.50. The van der Waals surface area contributed by atoms with Gasteiger partial charge in [-0.2, -0.15) is 0 Å². The predicted octanol–water partition coefficient (Wildman–Crippen LogP) is 6.25. The van der Waals surface area contributed by atoms with Crippen molar-refractivity contribution in [3.05, 3.63) is 83.9 Å². The fourth-order valence-corrected chi connectivity index (χ4v) is 4.75. The first-order chi connectivity index (χ1) is 13.7. The number of rotatable bonds is 9. The second kappa shape index (κ2) is 8.63. The van der Waals surface area contributed by atoms with E-state index in [1.165, 1.54) is 24.0 Å². The van der Waals surface area contributed by atoms with Gasteiger partial charge < -0.3 is 9.47 Å². The summed E-state index contributed by atoms with van der Waals surface area (Å²) < 4.78 is 13.4. The summed E-state index contributed by atoms with van der Waals surface area (Å²) in [6, 6.07) is 21.3. The first-order valence-corrected chi connectivity index (χ1v) is 10.8. The molecule has 2 heterocycles. The van der Waals surface area contributed by atoms with Gasteiger partial charge in [0.05, 0.1) is 18.3 Å². The molecule has 1 saturated heterocycles. The molecule has 0 aromatic heterocycles. The van der Waals surface area contributed by atoms with Crippen molar-refractivity contribution >= 4 is 0 Å². The number of hydrogen-bond acceptors (Lipinski definition) is 2. The summed E-state index contributed by atoms with van der Waals surface area (Å²) in [7, 11) is 0. The van der Waals surface area contributed by atoms with Crippen molar-refractivity contribution < 1.29 is 9.47 Å². The van der Waals surface area contributed by atoms with Crippen molar-refractivity contribution in [1.82, 2.24) is 0 Å². The van der Waals surface area contributed by atoms with E-state index < -0.39 is 0 Å². The molecule has 148 valence electrons. The minimum atomic E-state index is -0.250. The molecule has 2 nitrogen and oxygen atoms in total. The highest BCUT2D eigenvalue weighted by molar-refractivity contribution is 5.22. The SMILES string of the molecule is CCCCC12C=CCC(CCc3ccccc3)(CC1OCc1ccccc1)O2.